The fourth-order valence-electron chi connectivity index (χ4n) is 2.65. The Bertz CT molecular complexity index is 631. The van der Waals surface area contributed by atoms with E-state index in [1.54, 1.807) is 11.8 Å². The van der Waals surface area contributed by atoms with Gasteiger partial charge in [0.05, 0.1) is 4.91 Å². The van der Waals surface area contributed by atoms with Crippen LogP contribution in [-0.4, -0.2) is 5.78 Å². The lowest BCUT2D eigenvalue weighted by Crippen LogP contribution is -2.21. The molecule has 21 heavy (non-hydrogen) atoms. The molecule has 3 rings (SSSR count). The van der Waals surface area contributed by atoms with Crippen LogP contribution >= 0.6 is 11.8 Å². The van der Waals surface area contributed by atoms with Gasteiger partial charge in [-0.1, -0.05) is 66.4 Å². The summed E-state index contributed by atoms with van der Waals surface area (Å²) in [5, 5.41) is 0. The molecular formula is C19H18OS. The van der Waals surface area contributed by atoms with Crippen molar-refractivity contribution in [2.75, 3.05) is 0 Å². The number of carbonyl (C=O) groups is 1. The molecule has 0 fully saturated rings. The Morgan fingerprint density at radius 3 is 2.33 bits per heavy atom. The predicted octanol–water partition coefficient (Wildman–Crippen LogP) is 4.88. The second-order valence-electron chi connectivity index (χ2n) is 5.31. The van der Waals surface area contributed by atoms with E-state index in [0.717, 1.165) is 29.1 Å². The number of hydrogen-bond acceptors (Lipinski definition) is 2. The SMILES string of the molecule is O=C1C(Sc2ccccc2)=CCCC1Cc1ccccc1. The average molecular weight is 294 g/mol. The van der Waals surface area contributed by atoms with Gasteiger partial charge in [0.2, 0.25) is 0 Å². The molecule has 1 aliphatic rings. The second-order valence-corrected chi connectivity index (χ2v) is 6.43. The Hall–Kier alpha value is -1.80. The zero-order chi connectivity index (χ0) is 14.5. The van der Waals surface area contributed by atoms with Crippen molar-refractivity contribution in [1.82, 2.24) is 0 Å². The van der Waals surface area contributed by atoms with Gasteiger partial charge in [0.1, 0.15) is 0 Å². The second kappa shape index (κ2) is 6.77. The topological polar surface area (TPSA) is 17.1 Å². The van der Waals surface area contributed by atoms with Gasteiger partial charge in [0.15, 0.2) is 5.78 Å². The zero-order valence-corrected chi connectivity index (χ0v) is 12.7. The Labute approximate surface area is 130 Å². The van der Waals surface area contributed by atoms with Crippen molar-refractivity contribution in [1.29, 1.82) is 0 Å². The van der Waals surface area contributed by atoms with Gasteiger partial charge in [-0.2, -0.15) is 0 Å². The lowest BCUT2D eigenvalue weighted by molar-refractivity contribution is -0.119. The minimum atomic E-state index is 0.128. The maximum atomic E-state index is 12.6. The van der Waals surface area contributed by atoms with E-state index in [0.29, 0.717) is 5.78 Å². The maximum absolute atomic E-state index is 12.6. The first-order valence-corrected chi connectivity index (χ1v) is 8.16. The summed E-state index contributed by atoms with van der Waals surface area (Å²) in [5.41, 5.74) is 1.25. The van der Waals surface area contributed by atoms with Crippen molar-refractivity contribution >= 4 is 17.5 Å². The number of Topliss-reactive ketones (excluding diaryl/α,β-unsaturated/α-hetero) is 1. The van der Waals surface area contributed by atoms with Crippen LogP contribution in [0.1, 0.15) is 18.4 Å². The molecule has 1 aliphatic carbocycles. The van der Waals surface area contributed by atoms with Gasteiger partial charge in [-0.25, -0.2) is 0 Å². The van der Waals surface area contributed by atoms with Crippen molar-refractivity contribution < 1.29 is 4.79 Å². The minimum absolute atomic E-state index is 0.128. The summed E-state index contributed by atoms with van der Waals surface area (Å²) in [7, 11) is 0. The number of carbonyl (C=O) groups excluding carboxylic acids is 1. The fourth-order valence-corrected chi connectivity index (χ4v) is 3.66. The molecule has 2 aromatic rings. The van der Waals surface area contributed by atoms with E-state index in [-0.39, 0.29) is 5.92 Å². The summed E-state index contributed by atoms with van der Waals surface area (Å²) in [6.45, 7) is 0. The van der Waals surface area contributed by atoms with Crippen LogP contribution in [0.4, 0.5) is 0 Å². The molecule has 0 heterocycles. The van der Waals surface area contributed by atoms with Crippen LogP contribution in [-0.2, 0) is 11.2 Å². The summed E-state index contributed by atoms with van der Waals surface area (Å²) < 4.78 is 0. The maximum Gasteiger partial charge on any atom is 0.172 e. The third kappa shape index (κ3) is 3.64. The number of rotatable bonds is 4. The Morgan fingerprint density at radius 1 is 0.952 bits per heavy atom. The Morgan fingerprint density at radius 2 is 1.62 bits per heavy atom. The van der Waals surface area contributed by atoms with E-state index >= 15 is 0 Å². The van der Waals surface area contributed by atoms with Crippen LogP contribution in [0.3, 0.4) is 0 Å². The van der Waals surface area contributed by atoms with E-state index in [1.807, 2.05) is 36.4 Å². The Kier molecular flexibility index (Phi) is 4.56. The van der Waals surface area contributed by atoms with Gasteiger partial charge in [-0.3, -0.25) is 4.79 Å². The van der Waals surface area contributed by atoms with E-state index in [9.17, 15) is 4.79 Å². The van der Waals surface area contributed by atoms with Crippen LogP contribution in [0.2, 0.25) is 0 Å². The molecule has 0 aromatic heterocycles. The lowest BCUT2D eigenvalue weighted by atomic mass is 9.87. The molecule has 1 atom stereocenters. The number of ketones is 1. The third-order valence-electron chi connectivity index (χ3n) is 3.75. The molecule has 0 amide bonds. The van der Waals surface area contributed by atoms with Gasteiger partial charge in [0.25, 0.3) is 0 Å². The molecule has 2 aromatic carbocycles. The van der Waals surface area contributed by atoms with Gasteiger partial charge in [0, 0.05) is 10.8 Å². The molecule has 106 valence electrons. The summed E-state index contributed by atoms with van der Waals surface area (Å²) >= 11 is 1.60. The Balaban J connectivity index is 1.70. The van der Waals surface area contributed by atoms with Crippen LogP contribution in [0.15, 0.2) is 76.5 Å². The summed E-state index contributed by atoms with van der Waals surface area (Å²) in [6, 6.07) is 20.4. The molecule has 2 heteroatoms. The number of benzene rings is 2. The van der Waals surface area contributed by atoms with E-state index in [1.165, 1.54) is 5.56 Å². The number of thioether (sulfide) groups is 1. The molecule has 0 radical (unpaired) electrons. The molecule has 0 saturated carbocycles. The van der Waals surface area contributed by atoms with E-state index in [2.05, 4.69) is 30.3 Å². The van der Waals surface area contributed by atoms with Gasteiger partial charge in [-0.05, 0) is 37.0 Å². The van der Waals surface area contributed by atoms with Crippen LogP contribution in [0.5, 0.6) is 0 Å². The van der Waals surface area contributed by atoms with Crippen LogP contribution in [0.25, 0.3) is 0 Å². The van der Waals surface area contributed by atoms with Crippen LogP contribution < -0.4 is 0 Å². The normalized spacial score (nSPS) is 18.4. The highest BCUT2D eigenvalue weighted by molar-refractivity contribution is 8.04. The summed E-state index contributed by atoms with van der Waals surface area (Å²) in [5.74, 6) is 0.433. The van der Waals surface area contributed by atoms with Crippen molar-refractivity contribution in [3.05, 3.63) is 77.2 Å². The third-order valence-corrected chi connectivity index (χ3v) is 4.85. The van der Waals surface area contributed by atoms with Gasteiger partial charge >= 0.3 is 0 Å². The molecule has 0 spiro atoms. The molecule has 1 unspecified atom stereocenters. The van der Waals surface area contributed by atoms with Crippen molar-refractivity contribution in [3.63, 3.8) is 0 Å². The molecule has 0 bridgehead atoms. The van der Waals surface area contributed by atoms with Gasteiger partial charge in [-0.15, -0.1) is 0 Å². The molecule has 0 saturated heterocycles. The first kappa shape index (κ1) is 14.2. The average Bonchev–Trinajstić information content (AvgIpc) is 2.53. The van der Waals surface area contributed by atoms with E-state index < -0.39 is 0 Å². The van der Waals surface area contributed by atoms with Gasteiger partial charge < -0.3 is 0 Å². The molecular weight excluding hydrogens is 276 g/mol. The predicted molar refractivity (Wildman–Crippen MR) is 88.3 cm³/mol. The smallest absolute Gasteiger partial charge is 0.172 e. The fraction of sp³-hybridized carbons (Fsp3) is 0.211. The quantitative estimate of drug-likeness (QED) is 0.799. The standard InChI is InChI=1S/C19H18OS/c20-19-16(14-15-8-3-1-4-9-15)10-7-13-18(19)21-17-11-5-2-6-12-17/h1-6,8-9,11-13,16H,7,10,14H2. The monoisotopic (exact) mass is 294 g/mol. The first-order chi connectivity index (χ1) is 10.3. The molecule has 0 aliphatic heterocycles. The summed E-state index contributed by atoms with van der Waals surface area (Å²) in [6.07, 6.45) is 4.92. The molecule has 0 N–H and O–H groups in total. The van der Waals surface area contributed by atoms with Crippen LogP contribution in [0, 0.1) is 5.92 Å². The zero-order valence-electron chi connectivity index (χ0n) is 11.9. The van der Waals surface area contributed by atoms with Crippen molar-refractivity contribution in [3.8, 4) is 0 Å². The summed E-state index contributed by atoms with van der Waals surface area (Å²) in [4.78, 5) is 14.7. The number of hydrogen-bond donors (Lipinski definition) is 0. The largest absolute Gasteiger partial charge is 0.293 e. The minimum Gasteiger partial charge on any atom is -0.293 e. The lowest BCUT2D eigenvalue weighted by Gasteiger charge is -2.21. The van der Waals surface area contributed by atoms with E-state index in [4.69, 9.17) is 0 Å². The highest BCUT2D eigenvalue weighted by atomic mass is 32.2. The highest BCUT2D eigenvalue weighted by Gasteiger charge is 2.26. The van der Waals surface area contributed by atoms with Crippen molar-refractivity contribution in [2.45, 2.75) is 24.2 Å². The molecule has 1 nitrogen and oxygen atoms in total. The first-order valence-electron chi connectivity index (χ1n) is 7.34. The van der Waals surface area contributed by atoms with Crippen molar-refractivity contribution in [2.24, 2.45) is 5.92 Å². The number of allylic oxidation sites excluding steroid dienone is 2. The highest BCUT2D eigenvalue weighted by Crippen LogP contribution is 2.34.